The van der Waals surface area contributed by atoms with Crippen molar-refractivity contribution in [2.75, 3.05) is 0 Å². The number of hydrogen-bond acceptors (Lipinski definition) is 3. The van der Waals surface area contributed by atoms with Gasteiger partial charge in [0, 0.05) is 26.2 Å². The number of nitrogens with zero attached hydrogens (tertiary/aromatic N) is 3. The summed E-state index contributed by atoms with van der Waals surface area (Å²) in [6, 6.07) is 0. The molecule has 92 valence electrons. The Labute approximate surface area is 99.4 Å². The molecule has 5 heteroatoms. The highest BCUT2D eigenvalue weighted by Crippen LogP contribution is 2.19. The van der Waals surface area contributed by atoms with E-state index in [9.17, 15) is 9.59 Å². The van der Waals surface area contributed by atoms with Crippen molar-refractivity contribution in [3.8, 4) is 0 Å². The van der Waals surface area contributed by atoms with E-state index in [0.717, 1.165) is 19.3 Å². The molecule has 0 fully saturated rings. The Kier molecular flexibility index (Phi) is 3.26. The largest absolute Gasteiger partial charge is 0.332 e. The van der Waals surface area contributed by atoms with Crippen molar-refractivity contribution in [2.24, 2.45) is 12.0 Å². The first-order valence-electron chi connectivity index (χ1n) is 6.02. The van der Waals surface area contributed by atoms with Crippen LogP contribution in [0.2, 0.25) is 0 Å². The molecule has 1 aromatic rings. The Balaban J connectivity index is 2.47. The summed E-state index contributed by atoms with van der Waals surface area (Å²) in [6.45, 7) is 2.76. The average Bonchev–Trinajstić information content (AvgIpc) is 2.80. The Morgan fingerprint density at radius 2 is 2.12 bits per heavy atom. The molecule has 17 heavy (non-hydrogen) atoms. The number of aromatic nitrogens is 2. The lowest BCUT2D eigenvalue weighted by atomic mass is 10.2. The second-order valence-electron chi connectivity index (χ2n) is 4.32. The standard InChI is InChI=1S/C12H17N3O2/c1-3-4-5-8-15-10-9(6-7-13-10)11(16)14(2)12(15)17/h7H,3-6,8H2,1-2H3. The van der Waals surface area contributed by atoms with Crippen molar-refractivity contribution in [3.63, 3.8) is 0 Å². The lowest BCUT2D eigenvalue weighted by Crippen LogP contribution is -2.39. The SMILES string of the molecule is CCCCCn1c2c(c(=O)n(C)c1=O)CC=N2. The zero-order chi connectivity index (χ0) is 12.4. The number of unbranched alkanes of at least 4 members (excludes halogenated alkanes) is 2. The van der Waals surface area contributed by atoms with Gasteiger partial charge in [0.1, 0.15) is 5.82 Å². The fourth-order valence-electron chi connectivity index (χ4n) is 2.09. The molecule has 0 saturated carbocycles. The molecule has 0 N–H and O–H groups in total. The van der Waals surface area contributed by atoms with Crippen molar-refractivity contribution < 1.29 is 0 Å². The highest BCUT2D eigenvalue weighted by atomic mass is 16.2. The minimum absolute atomic E-state index is 0.214. The van der Waals surface area contributed by atoms with E-state index >= 15 is 0 Å². The molecule has 0 radical (unpaired) electrons. The zero-order valence-electron chi connectivity index (χ0n) is 10.3. The molecule has 1 aliphatic rings. The smallest absolute Gasteiger partial charge is 0.278 e. The third-order valence-electron chi connectivity index (χ3n) is 3.10. The van der Waals surface area contributed by atoms with Gasteiger partial charge in [0.15, 0.2) is 0 Å². The van der Waals surface area contributed by atoms with E-state index in [4.69, 9.17) is 0 Å². The molecule has 0 unspecified atom stereocenters. The van der Waals surface area contributed by atoms with Crippen LogP contribution in [0.1, 0.15) is 31.7 Å². The Bertz CT molecular complexity index is 566. The van der Waals surface area contributed by atoms with Gasteiger partial charge in [-0.3, -0.25) is 13.9 Å². The van der Waals surface area contributed by atoms with Crippen LogP contribution in [0.3, 0.4) is 0 Å². The number of hydrogen-bond donors (Lipinski definition) is 0. The topological polar surface area (TPSA) is 56.4 Å². The summed E-state index contributed by atoms with van der Waals surface area (Å²) in [6.07, 6.45) is 5.36. The van der Waals surface area contributed by atoms with Crippen LogP contribution in [0.25, 0.3) is 0 Å². The third kappa shape index (κ3) is 1.97. The van der Waals surface area contributed by atoms with E-state index in [1.165, 1.54) is 11.6 Å². The quantitative estimate of drug-likeness (QED) is 0.731. The monoisotopic (exact) mass is 235 g/mol. The highest BCUT2D eigenvalue weighted by Gasteiger charge is 2.18. The molecule has 0 spiro atoms. The molecule has 2 rings (SSSR count). The molecule has 0 amide bonds. The van der Waals surface area contributed by atoms with Crippen LogP contribution in [0, 0.1) is 0 Å². The first-order valence-corrected chi connectivity index (χ1v) is 6.02. The van der Waals surface area contributed by atoms with Gasteiger partial charge in [-0.25, -0.2) is 9.79 Å². The summed E-state index contributed by atoms with van der Waals surface area (Å²) in [5.41, 5.74) is 0.168. The Hall–Kier alpha value is -1.65. The minimum atomic E-state index is -0.260. The predicted molar refractivity (Wildman–Crippen MR) is 67.3 cm³/mol. The van der Waals surface area contributed by atoms with Crippen LogP contribution >= 0.6 is 0 Å². The van der Waals surface area contributed by atoms with Crippen LogP contribution in [-0.4, -0.2) is 15.3 Å². The molecule has 1 aliphatic heterocycles. The van der Waals surface area contributed by atoms with Gasteiger partial charge in [-0.1, -0.05) is 19.8 Å². The van der Waals surface area contributed by atoms with E-state index in [0.29, 0.717) is 24.3 Å². The van der Waals surface area contributed by atoms with Gasteiger partial charge in [0.05, 0.1) is 5.56 Å². The minimum Gasteiger partial charge on any atom is -0.278 e. The van der Waals surface area contributed by atoms with E-state index < -0.39 is 0 Å². The van der Waals surface area contributed by atoms with Gasteiger partial charge in [0.2, 0.25) is 0 Å². The second-order valence-corrected chi connectivity index (χ2v) is 4.32. The van der Waals surface area contributed by atoms with Crippen LogP contribution in [-0.2, 0) is 20.0 Å². The van der Waals surface area contributed by atoms with Gasteiger partial charge in [-0.05, 0) is 6.42 Å². The number of fused-ring (bicyclic) bond motifs is 1. The first-order chi connectivity index (χ1) is 8.16. The molecule has 0 aliphatic carbocycles. The first kappa shape index (κ1) is 11.8. The molecule has 0 saturated heterocycles. The molecule has 2 heterocycles. The number of rotatable bonds is 4. The van der Waals surface area contributed by atoms with Gasteiger partial charge in [-0.2, -0.15) is 0 Å². The van der Waals surface area contributed by atoms with E-state index in [-0.39, 0.29) is 11.2 Å². The van der Waals surface area contributed by atoms with E-state index in [1.807, 2.05) is 0 Å². The maximum atomic E-state index is 12.0. The summed E-state index contributed by atoms with van der Waals surface area (Å²) in [5, 5.41) is 0. The zero-order valence-corrected chi connectivity index (χ0v) is 10.3. The molecule has 0 bridgehead atoms. The summed E-state index contributed by atoms with van der Waals surface area (Å²) in [7, 11) is 1.53. The van der Waals surface area contributed by atoms with Crippen molar-refractivity contribution in [3.05, 3.63) is 26.4 Å². The molecular formula is C12H17N3O2. The van der Waals surface area contributed by atoms with Gasteiger partial charge < -0.3 is 0 Å². The van der Waals surface area contributed by atoms with E-state index in [2.05, 4.69) is 11.9 Å². The Morgan fingerprint density at radius 1 is 1.35 bits per heavy atom. The average molecular weight is 235 g/mol. The summed E-state index contributed by atoms with van der Waals surface area (Å²) < 4.78 is 2.80. The third-order valence-corrected chi connectivity index (χ3v) is 3.10. The van der Waals surface area contributed by atoms with Crippen molar-refractivity contribution in [1.82, 2.24) is 9.13 Å². The van der Waals surface area contributed by atoms with Crippen LogP contribution < -0.4 is 11.2 Å². The maximum absolute atomic E-state index is 12.0. The van der Waals surface area contributed by atoms with Crippen molar-refractivity contribution >= 4 is 12.0 Å². The summed E-state index contributed by atoms with van der Waals surface area (Å²) in [5.74, 6) is 0.564. The normalized spacial score (nSPS) is 13.1. The lowest BCUT2D eigenvalue weighted by molar-refractivity contribution is 0.553. The number of aliphatic imine (C=N–C) groups is 1. The van der Waals surface area contributed by atoms with Crippen LogP contribution in [0.15, 0.2) is 14.6 Å². The lowest BCUT2D eigenvalue weighted by Gasteiger charge is -2.11. The van der Waals surface area contributed by atoms with Gasteiger partial charge in [0.25, 0.3) is 5.56 Å². The Morgan fingerprint density at radius 3 is 2.82 bits per heavy atom. The molecular weight excluding hydrogens is 218 g/mol. The maximum Gasteiger partial charge on any atom is 0.332 e. The fraction of sp³-hybridized carbons (Fsp3) is 0.583. The second kappa shape index (κ2) is 4.69. The molecule has 0 aromatic carbocycles. The van der Waals surface area contributed by atoms with Crippen LogP contribution in [0.5, 0.6) is 0 Å². The van der Waals surface area contributed by atoms with E-state index in [1.54, 1.807) is 10.8 Å². The molecule has 5 nitrogen and oxygen atoms in total. The van der Waals surface area contributed by atoms with Crippen molar-refractivity contribution in [1.29, 1.82) is 0 Å². The van der Waals surface area contributed by atoms with Gasteiger partial charge in [-0.15, -0.1) is 0 Å². The molecule has 1 aromatic heterocycles. The molecule has 0 atom stereocenters. The van der Waals surface area contributed by atoms with Crippen LogP contribution in [0.4, 0.5) is 5.82 Å². The summed E-state index contributed by atoms with van der Waals surface area (Å²) in [4.78, 5) is 28.0. The fourth-order valence-corrected chi connectivity index (χ4v) is 2.09. The highest BCUT2D eigenvalue weighted by molar-refractivity contribution is 5.73. The predicted octanol–water partition coefficient (Wildman–Crippen LogP) is 0.996. The van der Waals surface area contributed by atoms with Gasteiger partial charge >= 0.3 is 5.69 Å². The summed E-state index contributed by atoms with van der Waals surface area (Å²) >= 11 is 0. The van der Waals surface area contributed by atoms with Crippen molar-refractivity contribution in [2.45, 2.75) is 39.2 Å².